The molecule has 16 heavy (non-hydrogen) atoms. The van der Waals surface area contributed by atoms with Gasteiger partial charge in [0.1, 0.15) is 0 Å². The maximum atomic E-state index is 5.61. The molecule has 0 saturated carbocycles. The second kappa shape index (κ2) is 6.24. The molecule has 0 spiro atoms. The topological polar surface area (TPSA) is 12.5 Å². The molecule has 2 nitrogen and oxygen atoms in total. The summed E-state index contributed by atoms with van der Waals surface area (Å²) in [7, 11) is 4.27. The summed E-state index contributed by atoms with van der Waals surface area (Å²) in [6, 6.07) is 8.66. The number of hydrogen-bond acceptors (Lipinski definition) is 2. The molecule has 0 bridgehead atoms. The molecule has 0 aromatic heterocycles. The first kappa shape index (κ1) is 13.5. The molecule has 90 valence electrons. The standard InChI is InChI=1S/C13H19NO.ClH/c1-14(2)9-11-7-8-15-10-12-5-3-4-6-13(11)12;/h3-6,11H,7-10H2,1-2H3;1H. The largest absolute Gasteiger partial charge is 0.377 e. The van der Waals surface area contributed by atoms with E-state index < -0.39 is 0 Å². The summed E-state index contributed by atoms with van der Waals surface area (Å²) in [5, 5.41) is 0. The zero-order valence-electron chi connectivity index (χ0n) is 9.98. The molecule has 1 aliphatic heterocycles. The van der Waals surface area contributed by atoms with Crippen LogP contribution >= 0.6 is 12.4 Å². The van der Waals surface area contributed by atoms with Crippen molar-refractivity contribution in [3.05, 3.63) is 35.4 Å². The molecule has 0 saturated heterocycles. The summed E-state index contributed by atoms with van der Waals surface area (Å²) in [5.74, 6) is 0.624. The van der Waals surface area contributed by atoms with Crippen molar-refractivity contribution in [3.8, 4) is 0 Å². The summed E-state index contributed by atoms with van der Waals surface area (Å²) < 4.78 is 5.61. The minimum Gasteiger partial charge on any atom is -0.377 e. The van der Waals surface area contributed by atoms with Crippen LogP contribution in [0.3, 0.4) is 0 Å². The number of rotatable bonds is 2. The van der Waals surface area contributed by atoms with Gasteiger partial charge in [-0.3, -0.25) is 0 Å². The van der Waals surface area contributed by atoms with Crippen molar-refractivity contribution in [1.82, 2.24) is 4.90 Å². The van der Waals surface area contributed by atoms with Gasteiger partial charge in [-0.15, -0.1) is 12.4 Å². The van der Waals surface area contributed by atoms with E-state index in [1.54, 1.807) is 0 Å². The minimum atomic E-state index is 0. The smallest absolute Gasteiger partial charge is 0.0719 e. The Labute approximate surface area is 104 Å². The predicted molar refractivity (Wildman–Crippen MR) is 69.3 cm³/mol. The molecule has 1 atom stereocenters. The van der Waals surface area contributed by atoms with E-state index in [2.05, 4.69) is 43.3 Å². The fourth-order valence-electron chi connectivity index (χ4n) is 2.26. The molecule has 1 heterocycles. The molecule has 1 aromatic rings. The number of likely N-dealkylation sites (N-methyl/N-ethyl adjacent to an activating group) is 1. The Morgan fingerprint density at radius 3 is 2.81 bits per heavy atom. The molecular formula is C13H20ClNO. The van der Waals surface area contributed by atoms with Crippen LogP contribution in [-0.2, 0) is 11.3 Å². The Balaban J connectivity index is 0.00000128. The van der Waals surface area contributed by atoms with Crippen molar-refractivity contribution in [3.63, 3.8) is 0 Å². The zero-order chi connectivity index (χ0) is 10.7. The Hall–Kier alpha value is -0.570. The molecule has 2 rings (SSSR count). The van der Waals surface area contributed by atoms with Crippen LogP contribution in [0.2, 0.25) is 0 Å². The van der Waals surface area contributed by atoms with Crippen molar-refractivity contribution in [2.75, 3.05) is 27.2 Å². The minimum absolute atomic E-state index is 0. The van der Waals surface area contributed by atoms with Gasteiger partial charge in [-0.05, 0) is 37.6 Å². The lowest BCUT2D eigenvalue weighted by molar-refractivity contribution is 0.120. The number of nitrogens with zero attached hydrogens (tertiary/aromatic N) is 1. The van der Waals surface area contributed by atoms with Crippen LogP contribution in [0.25, 0.3) is 0 Å². The van der Waals surface area contributed by atoms with E-state index in [1.165, 1.54) is 11.1 Å². The van der Waals surface area contributed by atoms with Crippen molar-refractivity contribution >= 4 is 12.4 Å². The van der Waals surface area contributed by atoms with Gasteiger partial charge in [0, 0.05) is 13.2 Å². The fraction of sp³-hybridized carbons (Fsp3) is 0.538. The summed E-state index contributed by atoms with van der Waals surface area (Å²) in [6.07, 6.45) is 1.13. The first-order chi connectivity index (χ1) is 7.27. The lowest BCUT2D eigenvalue weighted by Gasteiger charge is -2.20. The number of ether oxygens (including phenoxy) is 1. The molecule has 0 N–H and O–H groups in total. The van der Waals surface area contributed by atoms with Gasteiger partial charge in [-0.2, -0.15) is 0 Å². The number of hydrogen-bond donors (Lipinski definition) is 0. The van der Waals surface area contributed by atoms with Gasteiger partial charge in [0.15, 0.2) is 0 Å². The highest BCUT2D eigenvalue weighted by molar-refractivity contribution is 5.85. The Bertz CT molecular complexity index is 327. The van der Waals surface area contributed by atoms with Crippen LogP contribution in [0.4, 0.5) is 0 Å². The third kappa shape index (κ3) is 3.21. The van der Waals surface area contributed by atoms with E-state index >= 15 is 0 Å². The van der Waals surface area contributed by atoms with Gasteiger partial charge in [-0.1, -0.05) is 24.3 Å². The third-order valence-electron chi connectivity index (χ3n) is 2.95. The molecule has 0 fully saturated rings. The van der Waals surface area contributed by atoms with Crippen molar-refractivity contribution < 1.29 is 4.74 Å². The predicted octanol–water partition coefficient (Wildman–Crippen LogP) is 2.67. The molecule has 0 aliphatic carbocycles. The molecule has 0 radical (unpaired) electrons. The lowest BCUT2D eigenvalue weighted by Crippen LogP contribution is -2.21. The average molecular weight is 242 g/mol. The molecule has 1 aromatic carbocycles. The first-order valence-corrected chi connectivity index (χ1v) is 5.57. The average Bonchev–Trinajstić information content (AvgIpc) is 2.41. The van der Waals surface area contributed by atoms with E-state index in [1.807, 2.05) is 0 Å². The summed E-state index contributed by atoms with van der Waals surface area (Å²) >= 11 is 0. The van der Waals surface area contributed by atoms with E-state index in [-0.39, 0.29) is 12.4 Å². The van der Waals surface area contributed by atoms with Crippen molar-refractivity contribution in [2.45, 2.75) is 18.9 Å². The third-order valence-corrected chi connectivity index (χ3v) is 2.95. The lowest BCUT2D eigenvalue weighted by atomic mass is 9.92. The van der Waals surface area contributed by atoms with Crippen LogP contribution in [0, 0.1) is 0 Å². The van der Waals surface area contributed by atoms with Gasteiger partial charge < -0.3 is 9.64 Å². The Morgan fingerprint density at radius 1 is 1.31 bits per heavy atom. The van der Waals surface area contributed by atoms with Gasteiger partial charge in [-0.25, -0.2) is 0 Å². The summed E-state index contributed by atoms with van der Waals surface area (Å²) in [4.78, 5) is 2.26. The second-order valence-electron chi connectivity index (χ2n) is 4.50. The first-order valence-electron chi connectivity index (χ1n) is 5.57. The highest BCUT2D eigenvalue weighted by Crippen LogP contribution is 2.27. The Morgan fingerprint density at radius 2 is 2.06 bits per heavy atom. The molecule has 0 amide bonds. The second-order valence-corrected chi connectivity index (χ2v) is 4.50. The highest BCUT2D eigenvalue weighted by atomic mass is 35.5. The maximum Gasteiger partial charge on any atom is 0.0719 e. The van der Waals surface area contributed by atoms with Gasteiger partial charge in [0.2, 0.25) is 0 Å². The van der Waals surface area contributed by atoms with Gasteiger partial charge in [0.25, 0.3) is 0 Å². The zero-order valence-corrected chi connectivity index (χ0v) is 10.8. The summed E-state index contributed by atoms with van der Waals surface area (Å²) in [6.45, 7) is 2.77. The van der Waals surface area contributed by atoms with E-state index in [9.17, 15) is 0 Å². The molecule has 1 unspecified atom stereocenters. The fourth-order valence-corrected chi connectivity index (χ4v) is 2.26. The maximum absolute atomic E-state index is 5.61. The van der Waals surface area contributed by atoms with Crippen LogP contribution in [0.1, 0.15) is 23.5 Å². The Kier molecular flexibility index (Phi) is 5.26. The molecule has 3 heteroatoms. The van der Waals surface area contributed by atoms with Crippen LogP contribution in [-0.4, -0.2) is 32.1 Å². The quantitative estimate of drug-likeness (QED) is 0.790. The van der Waals surface area contributed by atoms with Crippen LogP contribution in [0.5, 0.6) is 0 Å². The number of halogens is 1. The van der Waals surface area contributed by atoms with Gasteiger partial charge in [0.05, 0.1) is 6.61 Å². The normalized spacial score (nSPS) is 19.8. The van der Waals surface area contributed by atoms with Crippen LogP contribution < -0.4 is 0 Å². The van der Waals surface area contributed by atoms with Crippen molar-refractivity contribution in [2.24, 2.45) is 0 Å². The number of benzene rings is 1. The van der Waals surface area contributed by atoms with E-state index in [0.29, 0.717) is 5.92 Å². The van der Waals surface area contributed by atoms with Crippen LogP contribution in [0.15, 0.2) is 24.3 Å². The summed E-state index contributed by atoms with van der Waals surface area (Å²) in [5.41, 5.74) is 2.84. The van der Waals surface area contributed by atoms with E-state index in [4.69, 9.17) is 4.74 Å². The monoisotopic (exact) mass is 241 g/mol. The SMILES string of the molecule is CN(C)CC1CCOCc2ccccc21.Cl. The number of fused-ring (bicyclic) bond motifs is 1. The van der Waals surface area contributed by atoms with Crippen molar-refractivity contribution in [1.29, 1.82) is 0 Å². The van der Waals surface area contributed by atoms with Gasteiger partial charge >= 0.3 is 0 Å². The van der Waals surface area contributed by atoms with E-state index in [0.717, 1.165) is 26.2 Å². The highest BCUT2D eigenvalue weighted by Gasteiger charge is 2.18. The molecule has 1 aliphatic rings. The molecular weight excluding hydrogens is 222 g/mol.